The normalized spacial score (nSPS) is 28.5. The average Bonchev–Trinajstić information content (AvgIpc) is 2.48. The summed E-state index contributed by atoms with van der Waals surface area (Å²) in [6.45, 7) is 2.90. The average molecular weight is 326 g/mol. The summed E-state index contributed by atoms with van der Waals surface area (Å²) >= 11 is 4.89. The minimum absolute atomic E-state index is 0.00936. The van der Waals surface area contributed by atoms with Crippen molar-refractivity contribution in [2.24, 2.45) is 11.7 Å². The highest BCUT2D eigenvalue weighted by Gasteiger charge is 2.37. The Kier molecular flexibility index (Phi) is 3.96. The predicted molar refractivity (Wildman–Crippen MR) is 83.4 cm³/mol. The lowest BCUT2D eigenvalue weighted by molar-refractivity contribution is 0.0827. The molecule has 1 aromatic rings. The first-order valence-electron chi connectivity index (χ1n) is 6.97. The number of fused-ring (bicyclic) bond motifs is 3. The number of nitrogens with zero attached hydrogens (tertiary/aromatic N) is 2. The molecule has 1 unspecified atom stereocenters. The van der Waals surface area contributed by atoms with E-state index in [0.717, 1.165) is 32.5 Å². The molecule has 114 valence electrons. The van der Waals surface area contributed by atoms with Crippen LogP contribution in [0.3, 0.4) is 0 Å². The highest BCUT2D eigenvalue weighted by molar-refractivity contribution is 7.89. The molecule has 4 rings (SSSR count). The van der Waals surface area contributed by atoms with E-state index in [1.54, 1.807) is 6.07 Å². The Morgan fingerprint density at radius 2 is 2.14 bits per heavy atom. The fourth-order valence-electron chi connectivity index (χ4n) is 3.15. The molecule has 0 aliphatic carbocycles. The molecule has 0 aromatic carbocycles. The van der Waals surface area contributed by atoms with Crippen molar-refractivity contribution in [3.05, 3.63) is 24.0 Å². The van der Waals surface area contributed by atoms with Gasteiger partial charge in [0.25, 0.3) is 0 Å². The number of rotatable bonds is 4. The van der Waals surface area contributed by atoms with E-state index >= 15 is 0 Å². The second-order valence-corrected chi connectivity index (χ2v) is 7.70. The number of pyridine rings is 1. The van der Waals surface area contributed by atoms with Crippen molar-refractivity contribution in [1.29, 1.82) is 0 Å². The predicted octanol–water partition coefficient (Wildman–Crippen LogP) is 0.0883. The number of thiocarbonyl (C=S) groups is 1. The van der Waals surface area contributed by atoms with Gasteiger partial charge in [-0.15, -0.1) is 0 Å². The van der Waals surface area contributed by atoms with Gasteiger partial charge in [-0.25, -0.2) is 13.1 Å². The van der Waals surface area contributed by atoms with Gasteiger partial charge >= 0.3 is 0 Å². The molecule has 4 heterocycles. The molecule has 0 spiro atoms. The van der Waals surface area contributed by atoms with Gasteiger partial charge in [-0.2, -0.15) is 0 Å². The molecule has 1 aromatic heterocycles. The van der Waals surface area contributed by atoms with Gasteiger partial charge in [0, 0.05) is 18.8 Å². The van der Waals surface area contributed by atoms with E-state index in [9.17, 15) is 8.42 Å². The largest absolute Gasteiger partial charge is 0.388 e. The van der Waals surface area contributed by atoms with Crippen molar-refractivity contribution in [2.45, 2.75) is 23.8 Å². The van der Waals surface area contributed by atoms with Crippen molar-refractivity contribution in [3.63, 3.8) is 0 Å². The van der Waals surface area contributed by atoms with Gasteiger partial charge < -0.3 is 10.6 Å². The fraction of sp³-hybridized carbons (Fsp3) is 0.538. The highest BCUT2D eigenvalue weighted by Crippen LogP contribution is 2.28. The minimum Gasteiger partial charge on any atom is -0.388 e. The summed E-state index contributed by atoms with van der Waals surface area (Å²) < 4.78 is 28.0. The molecule has 0 radical (unpaired) electrons. The van der Waals surface area contributed by atoms with E-state index in [2.05, 4.69) is 14.6 Å². The van der Waals surface area contributed by atoms with Gasteiger partial charge in [-0.1, -0.05) is 12.2 Å². The highest BCUT2D eigenvalue weighted by atomic mass is 32.2. The van der Waals surface area contributed by atoms with Crippen LogP contribution in [0.25, 0.3) is 0 Å². The summed E-state index contributed by atoms with van der Waals surface area (Å²) in [5, 5.41) is 0. The van der Waals surface area contributed by atoms with Crippen LogP contribution in [0.1, 0.15) is 18.5 Å². The summed E-state index contributed by atoms with van der Waals surface area (Å²) in [5.41, 5.74) is 5.73. The Morgan fingerprint density at radius 3 is 2.71 bits per heavy atom. The second-order valence-electron chi connectivity index (χ2n) is 5.58. The molecule has 21 heavy (non-hydrogen) atoms. The third-order valence-electron chi connectivity index (χ3n) is 4.26. The lowest BCUT2D eigenvalue weighted by Crippen LogP contribution is -2.57. The minimum atomic E-state index is -3.66. The van der Waals surface area contributed by atoms with Crippen LogP contribution in [0.5, 0.6) is 0 Å². The zero-order valence-corrected chi connectivity index (χ0v) is 13.2. The van der Waals surface area contributed by atoms with E-state index in [-0.39, 0.29) is 21.6 Å². The van der Waals surface area contributed by atoms with Gasteiger partial charge in [0.05, 0.1) is 0 Å². The maximum Gasteiger partial charge on any atom is 0.243 e. The fourth-order valence-corrected chi connectivity index (χ4v) is 4.85. The van der Waals surface area contributed by atoms with Gasteiger partial charge in [-0.05, 0) is 44.0 Å². The molecule has 3 fully saturated rings. The standard InChI is InChI=1S/C13H18N4O2S2/c14-13(20)12-11(2-1-5-15-12)21(18,19)16-10-8-17-6-3-9(10)4-7-17/h1-2,5,9-10,16H,3-4,6-8H2,(H2,14,20). The number of nitrogens with two attached hydrogens (primary N) is 1. The Balaban J connectivity index is 1.86. The summed E-state index contributed by atoms with van der Waals surface area (Å²) in [6, 6.07) is 3.02. The summed E-state index contributed by atoms with van der Waals surface area (Å²) in [7, 11) is -3.66. The molecule has 1 atom stereocenters. The monoisotopic (exact) mass is 326 g/mol. The number of nitrogens with one attached hydrogen (secondary N) is 1. The number of sulfonamides is 1. The first kappa shape index (κ1) is 14.8. The molecule has 3 N–H and O–H groups in total. The smallest absolute Gasteiger partial charge is 0.243 e. The molecule has 3 aliphatic rings. The van der Waals surface area contributed by atoms with Crippen LogP contribution in [0.4, 0.5) is 0 Å². The SMILES string of the molecule is NC(=S)c1ncccc1S(=O)(=O)NC1CN2CCC1CC2. The molecule has 2 bridgehead atoms. The van der Waals surface area contributed by atoms with E-state index < -0.39 is 10.0 Å². The summed E-state index contributed by atoms with van der Waals surface area (Å²) in [6.07, 6.45) is 3.58. The molecule has 0 amide bonds. The lowest BCUT2D eigenvalue weighted by atomic mass is 9.85. The molecule has 6 nitrogen and oxygen atoms in total. The van der Waals surface area contributed by atoms with Crippen LogP contribution < -0.4 is 10.5 Å². The van der Waals surface area contributed by atoms with Gasteiger partial charge in [0.2, 0.25) is 10.0 Å². The van der Waals surface area contributed by atoms with Crippen molar-refractivity contribution >= 4 is 27.2 Å². The van der Waals surface area contributed by atoms with Crippen molar-refractivity contribution in [3.8, 4) is 0 Å². The van der Waals surface area contributed by atoms with Crippen molar-refractivity contribution in [2.75, 3.05) is 19.6 Å². The summed E-state index contributed by atoms with van der Waals surface area (Å²) in [4.78, 5) is 6.34. The topological polar surface area (TPSA) is 88.3 Å². The molecular formula is C13H18N4O2S2. The third-order valence-corrected chi connectivity index (χ3v) is 5.97. The first-order chi connectivity index (χ1) is 9.97. The van der Waals surface area contributed by atoms with Gasteiger partial charge in [0.15, 0.2) is 0 Å². The summed E-state index contributed by atoms with van der Waals surface area (Å²) in [5.74, 6) is 0.412. The molecule has 8 heteroatoms. The van der Waals surface area contributed by atoms with E-state index in [0.29, 0.717) is 5.92 Å². The Hall–Kier alpha value is -1.09. The van der Waals surface area contributed by atoms with Gasteiger partial charge in [-0.3, -0.25) is 4.98 Å². The number of piperidine rings is 3. The maximum atomic E-state index is 12.6. The third kappa shape index (κ3) is 2.94. The molecule has 3 aliphatic heterocycles. The zero-order valence-electron chi connectivity index (χ0n) is 11.5. The second kappa shape index (κ2) is 5.60. The van der Waals surface area contributed by atoms with E-state index in [1.165, 1.54) is 12.3 Å². The lowest BCUT2D eigenvalue weighted by Gasteiger charge is -2.44. The molecule has 0 saturated carbocycles. The van der Waals surface area contributed by atoms with Crippen LogP contribution in [0.15, 0.2) is 23.2 Å². The molecular weight excluding hydrogens is 308 g/mol. The van der Waals surface area contributed by atoms with Gasteiger partial charge in [0.1, 0.15) is 15.6 Å². The number of aromatic nitrogens is 1. The van der Waals surface area contributed by atoms with Crippen LogP contribution in [0, 0.1) is 5.92 Å². The Bertz CT molecular complexity index is 654. The Labute approximate surface area is 129 Å². The van der Waals surface area contributed by atoms with E-state index in [4.69, 9.17) is 18.0 Å². The quantitative estimate of drug-likeness (QED) is 0.762. The van der Waals surface area contributed by atoms with Crippen LogP contribution in [-0.4, -0.2) is 49.0 Å². The first-order valence-corrected chi connectivity index (χ1v) is 8.86. The van der Waals surface area contributed by atoms with Crippen molar-refractivity contribution < 1.29 is 8.42 Å². The van der Waals surface area contributed by atoms with E-state index in [1.807, 2.05) is 0 Å². The Morgan fingerprint density at radius 1 is 1.43 bits per heavy atom. The zero-order chi connectivity index (χ0) is 15.0. The van der Waals surface area contributed by atoms with Crippen LogP contribution >= 0.6 is 12.2 Å². The van der Waals surface area contributed by atoms with Crippen LogP contribution in [-0.2, 0) is 10.0 Å². The molecule has 3 saturated heterocycles. The number of hydrogen-bond donors (Lipinski definition) is 2. The van der Waals surface area contributed by atoms with Crippen molar-refractivity contribution in [1.82, 2.24) is 14.6 Å². The maximum absolute atomic E-state index is 12.6. The van der Waals surface area contributed by atoms with Crippen LogP contribution in [0.2, 0.25) is 0 Å². The number of hydrogen-bond acceptors (Lipinski definition) is 5.